The van der Waals surface area contributed by atoms with Crippen LogP contribution in [0.4, 0.5) is 0 Å². The average molecular weight is 617 g/mol. The summed E-state index contributed by atoms with van der Waals surface area (Å²) >= 11 is 0. The molecule has 3 N–H and O–H groups in total. The number of phenols is 2. The van der Waals surface area contributed by atoms with Crippen LogP contribution in [0, 0.1) is 11.8 Å². The molecule has 0 unspecified atom stereocenters. The summed E-state index contributed by atoms with van der Waals surface area (Å²) in [4.78, 5) is 0. The van der Waals surface area contributed by atoms with Crippen molar-refractivity contribution < 1.29 is 29.5 Å². The Hall–Kier alpha value is -3.38. The molecule has 244 valence electrons. The van der Waals surface area contributed by atoms with E-state index in [1.54, 1.807) is 25.3 Å². The van der Waals surface area contributed by atoms with Gasteiger partial charge in [-0.05, 0) is 89.1 Å². The number of fused-ring (bicyclic) bond motifs is 5. The molecule has 0 fully saturated rings. The summed E-state index contributed by atoms with van der Waals surface area (Å²) in [6.07, 6.45) is 9.14. The van der Waals surface area contributed by atoms with Gasteiger partial charge < -0.3 is 29.5 Å². The number of aliphatic hydroxyl groups is 1. The quantitative estimate of drug-likeness (QED) is 0.166. The molecule has 0 bridgehead atoms. The van der Waals surface area contributed by atoms with Crippen LogP contribution in [0.2, 0.25) is 0 Å². The molecule has 1 aliphatic heterocycles. The summed E-state index contributed by atoms with van der Waals surface area (Å²) in [6.45, 7) is 8.97. The Morgan fingerprint density at radius 3 is 2.36 bits per heavy atom. The van der Waals surface area contributed by atoms with E-state index in [9.17, 15) is 15.3 Å². The molecular weight excluding hydrogens is 564 g/mol. The van der Waals surface area contributed by atoms with E-state index in [2.05, 4.69) is 33.8 Å². The molecule has 6 nitrogen and oxygen atoms in total. The molecule has 5 rings (SSSR count). The topological polar surface area (TPSA) is 88.4 Å². The Morgan fingerprint density at radius 1 is 0.889 bits per heavy atom. The Morgan fingerprint density at radius 2 is 1.64 bits per heavy atom. The van der Waals surface area contributed by atoms with Gasteiger partial charge in [-0.15, -0.1) is 0 Å². The Bertz CT molecular complexity index is 1480. The van der Waals surface area contributed by atoms with Crippen molar-refractivity contribution in [1.82, 2.24) is 0 Å². The number of hydrogen-bond acceptors (Lipinski definition) is 6. The highest BCUT2D eigenvalue weighted by Crippen LogP contribution is 2.54. The molecule has 45 heavy (non-hydrogen) atoms. The largest absolute Gasteiger partial charge is 0.508 e. The van der Waals surface area contributed by atoms with E-state index in [1.807, 2.05) is 12.1 Å². The van der Waals surface area contributed by atoms with Gasteiger partial charge in [0.05, 0.1) is 20.3 Å². The third-order valence-electron chi connectivity index (χ3n) is 9.80. The third-order valence-corrected chi connectivity index (χ3v) is 9.80. The normalized spacial score (nSPS) is 19.3. The minimum absolute atomic E-state index is 0.0479. The summed E-state index contributed by atoms with van der Waals surface area (Å²) in [5, 5.41) is 32.7. The van der Waals surface area contributed by atoms with E-state index in [4.69, 9.17) is 14.2 Å². The molecule has 6 heteroatoms. The Kier molecular flexibility index (Phi) is 10.5. The number of unbranched alkanes of at least 4 members (excludes halogenated alkanes) is 2. The van der Waals surface area contributed by atoms with Crippen molar-refractivity contribution >= 4 is 0 Å². The predicted molar refractivity (Wildman–Crippen MR) is 180 cm³/mol. The lowest BCUT2D eigenvalue weighted by molar-refractivity contribution is 0.0201. The van der Waals surface area contributed by atoms with Crippen LogP contribution in [-0.4, -0.2) is 35.6 Å². The molecular formula is C39H52O6. The fourth-order valence-corrected chi connectivity index (χ4v) is 7.49. The van der Waals surface area contributed by atoms with Gasteiger partial charge in [0.15, 0.2) is 11.5 Å². The van der Waals surface area contributed by atoms with E-state index in [0.717, 1.165) is 70.6 Å². The summed E-state index contributed by atoms with van der Waals surface area (Å²) < 4.78 is 18.0. The minimum Gasteiger partial charge on any atom is -0.508 e. The van der Waals surface area contributed by atoms with Crippen LogP contribution in [0.25, 0.3) is 11.1 Å². The van der Waals surface area contributed by atoms with E-state index in [0.29, 0.717) is 29.8 Å². The number of aromatic hydroxyl groups is 2. The maximum atomic E-state index is 11.6. The lowest BCUT2D eigenvalue weighted by atomic mass is 9.72. The van der Waals surface area contributed by atoms with Gasteiger partial charge >= 0.3 is 0 Å². The third kappa shape index (κ3) is 7.06. The summed E-state index contributed by atoms with van der Waals surface area (Å²) in [6, 6.07) is 11.2. The fraction of sp³-hybridized carbons (Fsp3) is 0.538. The second-order valence-electron chi connectivity index (χ2n) is 13.8. The number of aliphatic hydroxyl groups excluding tert-OH is 1. The van der Waals surface area contributed by atoms with Gasteiger partial charge in [-0.25, -0.2) is 0 Å². The molecule has 1 heterocycles. The number of methoxy groups -OCH3 is 2. The average Bonchev–Trinajstić information content (AvgIpc) is 3.01. The highest BCUT2D eigenvalue weighted by atomic mass is 16.5. The van der Waals surface area contributed by atoms with Crippen molar-refractivity contribution in [2.75, 3.05) is 14.2 Å². The zero-order chi connectivity index (χ0) is 32.2. The van der Waals surface area contributed by atoms with Crippen LogP contribution < -0.4 is 14.2 Å². The monoisotopic (exact) mass is 616 g/mol. The highest BCUT2D eigenvalue weighted by Gasteiger charge is 2.38. The van der Waals surface area contributed by atoms with E-state index < -0.39 is 12.2 Å². The van der Waals surface area contributed by atoms with Crippen molar-refractivity contribution in [2.45, 2.75) is 110 Å². The van der Waals surface area contributed by atoms with Crippen molar-refractivity contribution in [3.8, 4) is 39.9 Å². The molecule has 0 radical (unpaired) electrons. The van der Waals surface area contributed by atoms with Gasteiger partial charge in [-0.3, -0.25) is 0 Å². The van der Waals surface area contributed by atoms with Gasteiger partial charge in [0, 0.05) is 23.6 Å². The number of benzene rings is 3. The van der Waals surface area contributed by atoms with Crippen molar-refractivity contribution in [3.05, 3.63) is 64.2 Å². The first-order valence-corrected chi connectivity index (χ1v) is 17.0. The van der Waals surface area contributed by atoms with Gasteiger partial charge in [-0.2, -0.15) is 0 Å². The molecule has 3 aromatic rings. The number of rotatable bonds is 13. The predicted octanol–water partition coefficient (Wildman–Crippen LogP) is 9.04. The molecule has 4 atom stereocenters. The lowest BCUT2D eigenvalue weighted by Crippen LogP contribution is -2.32. The molecule has 0 amide bonds. The SMILES string of the molecule is CCCCC[C@H](C)CCC[C@@H]1Cc2cc(O)c(CC(C)C)cc2-c2c(OC)cc3c(c21)C[C@@H](O)[C@H](c1ccc(O)c(OC)c1)O3. The molecule has 3 aromatic carbocycles. The zero-order valence-corrected chi connectivity index (χ0v) is 28.0. The molecule has 2 aliphatic rings. The van der Waals surface area contributed by atoms with Gasteiger partial charge in [0.1, 0.15) is 23.4 Å². The van der Waals surface area contributed by atoms with Crippen LogP contribution in [0.3, 0.4) is 0 Å². The first-order valence-electron chi connectivity index (χ1n) is 17.0. The van der Waals surface area contributed by atoms with Crippen molar-refractivity contribution in [3.63, 3.8) is 0 Å². The van der Waals surface area contributed by atoms with Gasteiger partial charge in [0.25, 0.3) is 0 Å². The summed E-state index contributed by atoms with van der Waals surface area (Å²) in [5.41, 5.74) is 7.30. The molecule has 0 spiro atoms. The number of phenolic OH excluding ortho intramolecular Hbond substituents is 2. The zero-order valence-electron chi connectivity index (χ0n) is 28.0. The van der Waals surface area contributed by atoms with Crippen LogP contribution >= 0.6 is 0 Å². The van der Waals surface area contributed by atoms with Crippen molar-refractivity contribution in [2.24, 2.45) is 11.8 Å². The van der Waals surface area contributed by atoms with Crippen LogP contribution in [0.1, 0.15) is 112 Å². The summed E-state index contributed by atoms with van der Waals surface area (Å²) in [5.74, 6) is 3.57. The van der Waals surface area contributed by atoms with Crippen molar-refractivity contribution in [1.29, 1.82) is 0 Å². The number of ether oxygens (including phenoxy) is 3. The first kappa shape index (κ1) is 33.0. The molecule has 0 saturated heterocycles. The maximum absolute atomic E-state index is 11.6. The van der Waals surface area contributed by atoms with Crippen LogP contribution in [0.15, 0.2) is 36.4 Å². The lowest BCUT2D eigenvalue weighted by Gasteiger charge is -2.38. The van der Waals surface area contributed by atoms with E-state index in [1.165, 1.54) is 44.8 Å². The van der Waals surface area contributed by atoms with E-state index in [-0.39, 0.29) is 11.7 Å². The Labute approximate surface area is 269 Å². The smallest absolute Gasteiger partial charge is 0.160 e. The van der Waals surface area contributed by atoms with Gasteiger partial charge in [-0.1, -0.05) is 72.3 Å². The standard InChI is InChI=1S/C39H52O6/c1-7-8-9-11-24(4)12-10-13-25-17-27-19-32(41)28(16-23(2)3)18-29(27)38-36(44-6)22-34-30(37(25)38)21-33(42)39(45-34)26-14-15-31(40)35(20-26)43-5/h14-15,18-20,22-25,33,39-42H,7-13,16-17,21H2,1-6H3/t24-,25+,33+,39-/m0/s1. The van der Waals surface area contributed by atoms with Crippen LogP contribution in [0.5, 0.6) is 28.7 Å². The molecule has 0 saturated carbocycles. The van der Waals surface area contributed by atoms with Crippen LogP contribution in [-0.2, 0) is 19.3 Å². The first-order chi connectivity index (χ1) is 21.6. The minimum atomic E-state index is -0.777. The maximum Gasteiger partial charge on any atom is 0.160 e. The second kappa shape index (κ2) is 14.4. The fourth-order valence-electron chi connectivity index (χ4n) is 7.49. The number of hydrogen-bond donors (Lipinski definition) is 3. The van der Waals surface area contributed by atoms with E-state index >= 15 is 0 Å². The Balaban J connectivity index is 1.56. The molecule has 0 aromatic heterocycles. The second-order valence-corrected chi connectivity index (χ2v) is 13.8. The van der Waals surface area contributed by atoms with Gasteiger partial charge in [0.2, 0.25) is 0 Å². The molecule has 1 aliphatic carbocycles. The summed E-state index contributed by atoms with van der Waals surface area (Å²) in [7, 11) is 3.22. The highest BCUT2D eigenvalue weighted by molar-refractivity contribution is 5.83.